The molecular formula is C27H39FO5. The van der Waals surface area contributed by atoms with Crippen LogP contribution in [0, 0.1) is 46.3 Å². The van der Waals surface area contributed by atoms with Crippen LogP contribution in [0.4, 0.5) is 4.39 Å². The van der Waals surface area contributed by atoms with Gasteiger partial charge in [-0.05, 0) is 74.0 Å². The molecule has 0 N–H and O–H groups in total. The summed E-state index contributed by atoms with van der Waals surface area (Å²) in [5.41, 5.74) is -0.585. The molecule has 0 heterocycles. The number of alkyl halides is 1. The van der Waals surface area contributed by atoms with Crippen LogP contribution < -0.4 is 0 Å². The molecule has 4 saturated carbocycles. The predicted octanol–water partition coefficient (Wildman–Crippen LogP) is 4.89. The maximum Gasteiger partial charge on any atom is 0.340 e. The molecule has 0 aromatic heterocycles. The normalized spacial score (nSPS) is 42.2. The number of carbonyl (C=O) groups is 4. The van der Waals surface area contributed by atoms with Crippen LogP contribution in [-0.4, -0.2) is 36.1 Å². The number of rotatable bonds is 6. The van der Waals surface area contributed by atoms with E-state index in [1.807, 2.05) is 0 Å². The quantitative estimate of drug-likeness (QED) is 0.415. The third-order valence-electron chi connectivity index (χ3n) is 10.3. The fraction of sp³-hybridized carbons (Fsp3) is 0.852. The second-order valence-corrected chi connectivity index (χ2v) is 11.9. The van der Waals surface area contributed by atoms with E-state index < -0.39 is 17.6 Å². The van der Waals surface area contributed by atoms with Crippen molar-refractivity contribution >= 4 is 23.3 Å². The van der Waals surface area contributed by atoms with Gasteiger partial charge in [0, 0.05) is 37.0 Å². The van der Waals surface area contributed by atoms with Gasteiger partial charge in [-0.1, -0.05) is 20.8 Å². The van der Waals surface area contributed by atoms with E-state index in [9.17, 15) is 23.6 Å². The lowest BCUT2D eigenvalue weighted by Crippen LogP contribution is -2.60. The van der Waals surface area contributed by atoms with Gasteiger partial charge in [-0.3, -0.25) is 14.4 Å². The zero-order chi connectivity index (χ0) is 24.1. The molecule has 4 aliphatic rings. The SMILES string of the molecule is CC(F)C(=O)OCCCC(C)C1CCC2C3C(=O)CC4CC(=O)CCC4(C)C3CC(=O)C12C. The van der Waals surface area contributed by atoms with Gasteiger partial charge in [0.05, 0.1) is 6.61 Å². The van der Waals surface area contributed by atoms with Gasteiger partial charge >= 0.3 is 5.97 Å². The average molecular weight is 463 g/mol. The van der Waals surface area contributed by atoms with Crippen molar-refractivity contribution in [1.29, 1.82) is 0 Å². The van der Waals surface area contributed by atoms with Gasteiger partial charge in [0.15, 0.2) is 6.17 Å². The molecule has 33 heavy (non-hydrogen) atoms. The molecule has 4 rings (SSSR count). The van der Waals surface area contributed by atoms with Gasteiger partial charge in [0.25, 0.3) is 0 Å². The van der Waals surface area contributed by atoms with E-state index in [1.54, 1.807) is 0 Å². The highest BCUT2D eigenvalue weighted by molar-refractivity contribution is 5.93. The molecule has 4 fully saturated rings. The summed E-state index contributed by atoms with van der Waals surface area (Å²) in [6, 6.07) is 0. The number of ether oxygens (including phenoxy) is 1. The van der Waals surface area contributed by atoms with Crippen LogP contribution in [0.3, 0.4) is 0 Å². The molecule has 0 saturated heterocycles. The highest BCUT2D eigenvalue weighted by atomic mass is 19.1. The van der Waals surface area contributed by atoms with Gasteiger partial charge in [-0.15, -0.1) is 0 Å². The summed E-state index contributed by atoms with van der Waals surface area (Å²) in [4.78, 5) is 50.6. The van der Waals surface area contributed by atoms with E-state index >= 15 is 0 Å². The summed E-state index contributed by atoms with van der Waals surface area (Å²) in [5.74, 6) is 0.668. The average Bonchev–Trinajstić information content (AvgIpc) is 3.11. The molecule has 0 aromatic carbocycles. The zero-order valence-electron chi connectivity index (χ0n) is 20.5. The standard InChI is InChI=1S/C27H39FO5/c1-15(6-5-11-33-25(32)16(2)28)19-7-8-20-24-21(14-23(31)27(19,20)4)26(3)10-9-18(29)12-17(26)13-22(24)30/h15-17,19-21,24H,5-14H2,1-4H3. The van der Waals surface area contributed by atoms with Gasteiger partial charge in [0.1, 0.15) is 17.3 Å². The molecule has 0 bridgehead atoms. The number of hydrogen-bond donors (Lipinski definition) is 0. The Hall–Kier alpha value is -1.59. The summed E-state index contributed by atoms with van der Waals surface area (Å²) in [7, 11) is 0. The second kappa shape index (κ2) is 8.88. The van der Waals surface area contributed by atoms with Gasteiger partial charge in [-0.2, -0.15) is 0 Å². The summed E-state index contributed by atoms with van der Waals surface area (Å²) in [6.07, 6.45) is 4.49. The van der Waals surface area contributed by atoms with Crippen molar-refractivity contribution in [2.75, 3.05) is 6.61 Å². The fourth-order valence-electron chi connectivity index (χ4n) is 8.28. The highest BCUT2D eigenvalue weighted by Gasteiger charge is 2.66. The molecule has 0 aromatic rings. The van der Waals surface area contributed by atoms with Crippen molar-refractivity contribution in [3.63, 3.8) is 0 Å². The Balaban J connectivity index is 1.48. The molecular weight excluding hydrogens is 423 g/mol. The van der Waals surface area contributed by atoms with Crippen LogP contribution in [0.25, 0.3) is 0 Å². The molecule has 6 heteroatoms. The third-order valence-corrected chi connectivity index (χ3v) is 10.3. The monoisotopic (exact) mass is 462 g/mol. The molecule has 0 amide bonds. The van der Waals surface area contributed by atoms with E-state index in [1.165, 1.54) is 6.92 Å². The summed E-state index contributed by atoms with van der Waals surface area (Å²) >= 11 is 0. The first-order chi connectivity index (χ1) is 15.5. The summed E-state index contributed by atoms with van der Waals surface area (Å²) in [6.45, 7) is 7.86. The first-order valence-electron chi connectivity index (χ1n) is 12.9. The Morgan fingerprint density at radius 3 is 2.52 bits per heavy atom. The number of hydrogen-bond acceptors (Lipinski definition) is 5. The lowest BCUT2D eigenvalue weighted by Gasteiger charge is -2.58. The van der Waals surface area contributed by atoms with Crippen LogP contribution in [0.5, 0.6) is 0 Å². The highest BCUT2D eigenvalue weighted by Crippen LogP contribution is 2.66. The lowest BCUT2D eigenvalue weighted by molar-refractivity contribution is -0.166. The Morgan fingerprint density at radius 2 is 1.82 bits per heavy atom. The summed E-state index contributed by atoms with van der Waals surface area (Å²) in [5, 5.41) is 0. The number of fused-ring (bicyclic) bond motifs is 5. The minimum atomic E-state index is -1.61. The van der Waals surface area contributed by atoms with E-state index in [0.717, 1.165) is 25.7 Å². The smallest absolute Gasteiger partial charge is 0.340 e. The van der Waals surface area contributed by atoms with E-state index in [-0.39, 0.29) is 59.1 Å². The minimum Gasteiger partial charge on any atom is -0.464 e. The van der Waals surface area contributed by atoms with Crippen molar-refractivity contribution in [2.24, 2.45) is 46.3 Å². The van der Waals surface area contributed by atoms with Crippen LogP contribution in [0.2, 0.25) is 0 Å². The Morgan fingerprint density at radius 1 is 1.09 bits per heavy atom. The van der Waals surface area contributed by atoms with Crippen molar-refractivity contribution in [2.45, 2.75) is 91.7 Å². The number of halogens is 1. The lowest BCUT2D eigenvalue weighted by atomic mass is 9.44. The largest absolute Gasteiger partial charge is 0.464 e. The third kappa shape index (κ3) is 3.99. The maximum absolute atomic E-state index is 13.8. The van der Waals surface area contributed by atoms with Gasteiger partial charge < -0.3 is 4.74 Å². The molecule has 5 nitrogen and oxygen atoms in total. The number of ketones is 3. The van der Waals surface area contributed by atoms with E-state index in [0.29, 0.717) is 37.9 Å². The van der Waals surface area contributed by atoms with Crippen LogP contribution >= 0.6 is 0 Å². The Bertz CT molecular complexity index is 836. The first kappa shape index (κ1) is 24.5. The van der Waals surface area contributed by atoms with Crippen molar-refractivity contribution in [3.8, 4) is 0 Å². The van der Waals surface area contributed by atoms with Gasteiger partial charge in [0.2, 0.25) is 0 Å². The Labute approximate surface area is 196 Å². The van der Waals surface area contributed by atoms with Crippen LogP contribution in [0.15, 0.2) is 0 Å². The molecule has 184 valence electrons. The first-order valence-corrected chi connectivity index (χ1v) is 12.9. The number of Topliss-reactive ketones (excluding diaryl/α,β-unsaturated/α-hetero) is 3. The second-order valence-electron chi connectivity index (χ2n) is 11.9. The molecule has 4 aliphatic carbocycles. The number of carbonyl (C=O) groups excluding carboxylic acids is 4. The predicted molar refractivity (Wildman–Crippen MR) is 121 cm³/mol. The van der Waals surface area contributed by atoms with Crippen molar-refractivity contribution in [1.82, 2.24) is 0 Å². The molecule has 0 aliphatic heterocycles. The van der Waals surface area contributed by atoms with Crippen LogP contribution in [-0.2, 0) is 23.9 Å². The fourth-order valence-corrected chi connectivity index (χ4v) is 8.28. The maximum atomic E-state index is 13.8. The van der Waals surface area contributed by atoms with Gasteiger partial charge in [-0.25, -0.2) is 9.18 Å². The molecule has 9 unspecified atom stereocenters. The van der Waals surface area contributed by atoms with Crippen LogP contribution in [0.1, 0.15) is 85.5 Å². The Kier molecular flexibility index (Phi) is 6.60. The molecule has 9 atom stereocenters. The minimum absolute atomic E-state index is 0.0636. The summed E-state index contributed by atoms with van der Waals surface area (Å²) < 4.78 is 17.9. The van der Waals surface area contributed by atoms with E-state index in [4.69, 9.17) is 4.74 Å². The van der Waals surface area contributed by atoms with Crippen molar-refractivity contribution < 1.29 is 28.3 Å². The zero-order valence-corrected chi connectivity index (χ0v) is 20.5. The van der Waals surface area contributed by atoms with E-state index in [2.05, 4.69) is 20.8 Å². The van der Waals surface area contributed by atoms with Crippen molar-refractivity contribution in [3.05, 3.63) is 0 Å². The number of esters is 1. The molecule has 0 radical (unpaired) electrons. The molecule has 0 spiro atoms. The topological polar surface area (TPSA) is 77.5 Å².